The van der Waals surface area contributed by atoms with Gasteiger partial charge in [0.05, 0.1) is 18.8 Å². The lowest BCUT2D eigenvalue weighted by Crippen LogP contribution is -2.48. The van der Waals surface area contributed by atoms with Crippen LogP contribution < -0.4 is 5.32 Å². The van der Waals surface area contributed by atoms with E-state index in [1.165, 1.54) is 0 Å². The molecule has 2 unspecified atom stereocenters. The fourth-order valence-corrected chi connectivity index (χ4v) is 2.61. The first kappa shape index (κ1) is 14.5. The van der Waals surface area contributed by atoms with Crippen molar-refractivity contribution in [2.45, 2.75) is 26.1 Å². The van der Waals surface area contributed by atoms with Gasteiger partial charge in [0, 0.05) is 23.2 Å². The molecule has 1 aromatic rings. The van der Waals surface area contributed by atoms with E-state index in [-0.39, 0.29) is 18.1 Å². The molecule has 0 bridgehead atoms. The minimum Gasteiger partial charge on any atom is -0.373 e. The number of halogens is 1. The molecule has 0 spiro atoms. The summed E-state index contributed by atoms with van der Waals surface area (Å²) >= 11 is 3.37. The average Bonchev–Trinajstić information content (AvgIpc) is 2.30. The molecule has 1 N–H and O–H groups in total. The van der Waals surface area contributed by atoms with Crippen LogP contribution in [0.15, 0.2) is 28.7 Å². The summed E-state index contributed by atoms with van der Waals surface area (Å²) in [6, 6.07) is 7.59. The van der Waals surface area contributed by atoms with Crippen molar-refractivity contribution in [1.29, 1.82) is 0 Å². The molecule has 0 radical (unpaired) electrons. The van der Waals surface area contributed by atoms with E-state index < -0.39 is 0 Å². The highest BCUT2D eigenvalue weighted by Gasteiger charge is 2.23. The number of amides is 1. The topological polar surface area (TPSA) is 41.6 Å². The van der Waals surface area contributed by atoms with Crippen molar-refractivity contribution in [2.24, 2.45) is 0 Å². The number of carbonyl (C=O) groups is 1. The summed E-state index contributed by atoms with van der Waals surface area (Å²) in [6.07, 6.45) is 0.369. The summed E-state index contributed by atoms with van der Waals surface area (Å²) in [7, 11) is 0. The second-order valence-electron chi connectivity index (χ2n) is 5.01. The number of morpholine rings is 1. The van der Waals surface area contributed by atoms with Gasteiger partial charge in [-0.2, -0.15) is 0 Å². The quantitative estimate of drug-likeness (QED) is 0.927. The maximum Gasteiger partial charge on any atom is 0.238 e. The van der Waals surface area contributed by atoms with E-state index in [1.54, 1.807) is 0 Å². The van der Waals surface area contributed by atoms with Crippen molar-refractivity contribution < 1.29 is 9.53 Å². The number of hydrogen-bond acceptors (Lipinski definition) is 3. The Balaban J connectivity index is 1.85. The Hall–Kier alpha value is -0.910. The summed E-state index contributed by atoms with van der Waals surface area (Å²) in [5.41, 5.74) is 0.822. The summed E-state index contributed by atoms with van der Waals surface area (Å²) < 4.78 is 6.65. The van der Waals surface area contributed by atoms with Crippen molar-refractivity contribution in [3.8, 4) is 0 Å². The summed E-state index contributed by atoms with van der Waals surface area (Å²) in [5.74, 6) is 0.0172. The lowest BCUT2D eigenvalue weighted by Gasteiger charge is -2.34. The lowest BCUT2D eigenvalue weighted by molar-refractivity contribution is -0.121. The van der Waals surface area contributed by atoms with E-state index in [9.17, 15) is 4.79 Å². The van der Waals surface area contributed by atoms with Crippen LogP contribution in [0.1, 0.15) is 13.8 Å². The molecule has 5 heteroatoms. The van der Waals surface area contributed by atoms with Gasteiger partial charge in [-0.05, 0) is 38.1 Å². The maximum atomic E-state index is 12.0. The standard InChI is InChI=1S/C14H19BrN2O2/c1-10-7-17(8-11(2)19-10)9-14(18)16-13-5-3-12(15)4-6-13/h3-6,10-11H,7-9H2,1-2H3,(H,16,18). The van der Waals surface area contributed by atoms with Crippen LogP contribution in [0.5, 0.6) is 0 Å². The molecule has 1 aliphatic heterocycles. The molecule has 104 valence electrons. The first-order valence-electron chi connectivity index (χ1n) is 6.46. The van der Waals surface area contributed by atoms with Crippen LogP contribution in [-0.2, 0) is 9.53 Å². The highest BCUT2D eigenvalue weighted by Crippen LogP contribution is 2.14. The van der Waals surface area contributed by atoms with Gasteiger partial charge in [0.1, 0.15) is 0 Å². The Bertz CT molecular complexity index is 426. The zero-order chi connectivity index (χ0) is 13.8. The molecule has 1 aliphatic rings. The molecule has 0 aromatic heterocycles. The molecule has 0 aliphatic carbocycles. The number of nitrogens with zero attached hydrogens (tertiary/aromatic N) is 1. The Labute approximate surface area is 122 Å². The highest BCUT2D eigenvalue weighted by molar-refractivity contribution is 9.10. The molecule has 1 heterocycles. The fraction of sp³-hybridized carbons (Fsp3) is 0.500. The second-order valence-corrected chi connectivity index (χ2v) is 5.92. The third-order valence-electron chi connectivity index (χ3n) is 2.99. The Morgan fingerprint density at radius 3 is 2.47 bits per heavy atom. The van der Waals surface area contributed by atoms with Gasteiger partial charge in [-0.25, -0.2) is 0 Å². The van der Waals surface area contributed by atoms with Gasteiger partial charge in [-0.15, -0.1) is 0 Å². The molecule has 0 saturated carbocycles. The highest BCUT2D eigenvalue weighted by atomic mass is 79.9. The Morgan fingerprint density at radius 1 is 1.32 bits per heavy atom. The van der Waals surface area contributed by atoms with Gasteiger partial charge < -0.3 is 10.1 Å². The first-order valence-corrected chi connectivity index (χ1v) is 7.25. The monoisotopic (exact) mass is 326 g/mol. The van der Waals surface area contributed by atoms with E-state index in [4.69, 9.17) is 4.74 Å². The van der Waals surface area contributed by atoms with Gasteiger partial charge in [0.25, 0.3) is 0 Å². The fourth-order valence-electron chi connectivity index (χ4n) is 2.35. The molecule has 2 rings (SSSR count). The van der Waals surface area contributed by atoms with Gasteiger partial charge in [0.2, 0.25) is 5.91 Å². The van der Waals surface area contributed by atoms with Crippen molar-refractivity contribution >= 4 is 27.5 Å². The second kappa shape index (κ2) is 6.50. The Morgan fingerprint density at radius 2 is 1.89 bits per heavy atom. The van der Waals surface area contributed by atoms with E-state index in [1.807, 2.05) is 38.1 Å². The summed E-state index contributed by atoms with van der Waals surface area (Å²) in [6.45, 7) is 6.09. The smallest absolute Gasteiger partial charge is 0.238 e. The molecular formula is C14H19BrN2O2. The van der Waals surface area contributed by atoms with E-state index >= 15 is 0 Å². The van der Waals surface area contributed by atoms with Crippen LogP contribution in [0, 0.1) is 0 Å². The molecular weight excluding hydrogens is 308 g/mol. The van der Waals surface area contributed by atoms with Gasteiger partial charge in [-0.1, -0.05) is 15.9 Å². The average molecular weight is 327 g/mol. The van der Waals surface area contributed by atoms with Crippen LogP contribution >= 0.6 is 15.9 Å². The SMILES string of the molecule is CC1CN(CC(=O)Nc2ccc(Br)cc2)CC(C)O1. The van der Waals surface area contributed by atoms with E-state index in [0.717, 1.165) is 23.2 Å². The van der Waals surface area contributed by atoms with Crippen LogP contribution in [0.2, 0.25) is 0 Å². The number of rotatable bonds is 3. The minimum atomic E-state index is 0.0172. The van der Waals surface area contributed by atoms with Gasteiger partial charge >= 0.3 is 0 Å². The van der Waals surface area contributed by atoms with Crippen LogP contribution in [-0.4, -0.2) is 42.6 Å². The third kappa shape index (κ3) is 4.60. The largest absolute Gasteiger partial charge is 0.373 e. The lowest BCUT2D eigenvalue weighted by atomic mass is 10.2. The normalized spacial score (nSPS) is 24.2. The molecule has 19 heavy (non-hydrogen) atoms. The summed E-state index contributed by atoms with van der Waals surface area (Å²) in [4.78, 5) is 14.1. The maximum absolute atomic E-state index is 12.0. The van der Waals surface area contributed by atoms with Crippen molar-refractivity contribution in [3.05, 3.63) is 28.7 Å². The molecule has 1 aromatic carbocycles. The zero-order valence-electron chi connectivity index (χ0n) is 11.2. The van der Waals surface area contributed by atoms with Crippen LogP contribution in [0.25, 0.3) is 0 Å². The van der Waals surface area contributed by atoms with Crippen molar-refractivity contribution in [3.63, 3.8) is 0 Å². The molecule has 1 amide bonds. The number of carbonyl (C=O) groups excluding carboxylic acids is 1. The predicted molar refractivity (Wildman–Crippen MR) is 79.2 cm³/mol. The number of anilines is 1. The van der Waals surface area contributed by atoms with Crippen LogP contribution in [0.3, 0.4) is 0 Å². The van der Waals surface area contributed by atoms with Crippen molar-refractivity contribution in [1.82, 2.24) is 4.90 Å². The third-order valence-corrected chi connectivity index (χ3v) is 3.52. The van der Waals surface area contributed by atoms with E-state index in [2.05, 4.69) is 26.1 Å². The van der Waals surface area contributed by atoms with E-state index in [0.29, 0.717) is 6.54 Å². The van der Waals surface area contributed by atoms with Crippen molar-refractivity contribution in [2.75, 3.05) is 25.0 Å². The number of nitrogens with one attached hydrogen (secondary N) is 1. The number of ether oxygens (including phenoxy) is 1. The molecule has 2 atom stereocenters. The minimum absolute atomic E-state index is 0.0172. The first-order chi connectivity index (χ1) is 9.02. The van der Waals surface area contributed by atoms with Gasteiger partial charge in [-0.3, -0.25) is 9.69 Å². The predicted octanol–water partition coefficient (Wildman–Crippen LogP) is 2.50. The number of hydrogen-bond donors (Lipinski definition) is 1. The molecule has 1 fully saturated rings. The number of benzene rings is 1. The molecule has 4 nitrogen and oxygen atoms in total. The zero-order valence-corrected chi connectivity index (χ0v) is 12.8. The summed E-state index contributed by atoms with van der Waals surface area (Å²) in [5, 5.41) is 2.90. The van der Waals surface area contributed by atoms with Crippen LogP contribution in [0.4, 0.5) is 5.69 Å². The van der Waals surface area contributed by atoms with Gasteiger partial charge in [0.15, 0.2) is 0 Å². The Kier molecular flexibility index (Phi) is 4.96. The molecule has 1 saturated heterocycles.